The van der Waals surface area contributed by atoms with Gasteiger partial charge in [0.1, 0.15) is 17.0 Å². The number of imidazole rings is 2. The molecule has 0 aliphatic rings. The molecule has 0 unspecified atom stereocenters. The zero-order valence-electron chi connectivity index (χ0n) is 19.9. The molecule has 10 nitrogen and oxygen atoms in total. The Balaban J connectivity index is 0.000000426. The number of methoxy groups -OCH3 is 1. The first-order valence-corrected chi connectivity index (χ1v) is 13.5. The molecule has 3 heterocycles. The molecule has 2 aromatic carbocycles. The lowest BCUT2D eigenvalue weighted by Gasteiger charge is -2.07. The molecule has 0 saturated carbocycles. The fourth-order valence-corrected chi connectivity index (χ4v) is 5.11. The zero-order chi connectivity index (χ0) is 27.7. The summed E-state index contributed by atoms with van der Waals surface area (Å²) in [5.74, 6) is -1.46. The first-order valence-electron chi connectivity index (χ1n) is 10.8. The number of fused-ring (bicyclic) bond motifs is 2. The molecule has 200 valence electrons. The summed E-state index contributed by atoms with van der Waals surface area (Å²) in [6.45, 7) is 0.984. The number of H-pyrrole nitrogens is 1. The van der Waals surface area contributed by atoms with Crippen LogP contribution >= 0.6 is 11.3 Å². The predicted molar refractivity (Wildman–Crippen MR) is 135 cm³/mol. The van der Waals surface area contributed by atoms with E-state index in [1.807, 2.05) is 34.3 Å². The Morgan fingerprint density at radius 2 is 1.95 bits per heavy atom. The Morgan fingerprint density at radius 1 is 1.21 bits per heavy atom. The molecule has 0 radical (unpaired) electrons. The Bertz CT molecular complexity index is 1720. The summed E-state index contributed by atoms with van der Waals surface area (Å²) in [6, 6.07) is 11.2. The molecule has 0 saturated heterocycles. The summed E-state index contributed by atoms with van der Waals surface area (Å²) < 4.78 is 64.7. The highest BCUT2D eigenvalue weighted by atomic mass is 32.2. The molecule has 0 bridgehead atoms. The first-order chi connectivity index (χ1) is 17.9. The largest absolute Gasteiger partial charge is 0.490 e. The fourth-order valence-electron chi connectivity index (χ4n) is 3.62. The van der Waals surface area contributed by atoms with Crippen molar-refractivity contribution >= 4 is 48.4 Å². The number of aromatic amines is 1. The van der Waals surface area contributed by atoms with Crippen molar-refractivity contribution in [2.45, 2.75) is 17.6 Å². The third-order valence-corrected chi connectivity index (χ3v) is 7.26. The summed E-state index contributed by atoms with van der Waals surface area (Å²) in [7, 11) is -1.80. The van der Waals surface area contributed by atoms with Crippen LogP contribution in [0.25, 0.3) is 44.2 Å². The Hall–Kier alpha value is -3.82. The normalized spacial score (nSPS) is 12.0. The van der Waals surface area contributed by atoms with Crippen LogP contribution in [0.15, 0.2) is 53.0 Å². The summed E-state index contributed by atoms with van der Waals surface area (Å²) in [6.07, 6.45) is -2.18. The third kappa shape index (κ3) is 5.69. The van der Waals surface area contributed by atoms with Crippen LogP contribution < -0.4 is 0 Å². The molecular formula is C23H20F3N5O5S2. The molecule has 0 aliphatic heterocycles. The average Bonchev–Trinajstić information content (AvgIpc) is 3.59. The highest BCUT2D eigenvalue weighted by molar-refractivity contribution is 7.91. The number of benzene rings is 2. The molecule has 0 atom stereocenters. The molecule has 0 fully saturated rings. The van der Waals surface area contributed by atoms with E-state index in [0.29, 0.717) is 36.0 Å². The fraction of sp³-hybridized carbons (Fsp3) is 0.217. The van der Waals surface area contributed by atoms with E-state index >= 15 is 0 Å². The summed E-state index contributed by atoms with van der Waals surface area (Å²) in [5.41, 5.74) is 5.53. The topological polar surface area (TPSA) is 140 Å². The molecule has 5 aromatic rings. The van der Waals surface area contributed by atoms with Gasteiger partial charge >= 0.3 is 12.1 Å². The number of hydrogen-bond donors (Lipinski definition) is 2. The van der Waals surface area contributed by atoms with Gasteiger partial charge in [-0.1, -0.05) is 6.07 Å². The number of nitrogens with one attached hydrogen (secondary N) is 1. The number of alkyl halides is 3. The van der Waals surface area contributed by atoms with Crippen LogP contribution in [0.4, 0.5) is 13.2 Å². The molecule has 5 rings (SSSR count). The molecule has 38 heavy (non-hydrogen) atoms. The predicted octanol–water partition coefficient (Wildman–Crippen LogP) is 4.39. The zero-order valence-corrected chi connectivity index (χ0v) is 21.5. The number of carboxylic acids is 1. The number of thiazole rings is 1. The maximum atomic E-state index is 12.3. The molecule has 0 amide bonds. The summed E-state index contributed by atoms with van der Waals surface area (Å²) >= 11 is 1.59. The number of carbonyl (C=O) groups is 1. The second kappa shape index (κ2) is 10.5. The van der Waals surface area contributed by atoms with Gasteiger partial charge in [-0.05, 0) is 30.3 Å². The van der Waals surface area contributed by atoms with Gasteiger partial charge in [-0.3, -0.25) is 0 Å². The Morgan fingerprint density at radius 3 is 2.61 bits per heavy atom. The minimum absolute atomic E-state index is 0.205. The van der Waals surface area contributed by atoms with Gasteiger partial charge in [0.15, 0.2) is 15.7 Å². The van der Waals surface area contributed by atoms with E-state index in [2.05, 4.69) is 15.0 Å². The second-order valence-corrected chi connectivity index (χ2v) is 10.8. The second-order valence-electron chi connectivity index (χ2n) is 7.96. The van der Waals surface area contributed by atoms with Gasteiger partial charge < -0.3 is 19.4 Å². The quantitative estimate of drug-likeness (QED) is 0.308. The van der Waals surface area contributed by atoms with E-state index in [-0.39, 0.29) is 4.90 Å². The van der Waals surface area contributed by atoms with Gasteiger partial charge in [-0.25, -0.2) is 28.2 Å². The smallest absolute Gasteiger partial charge is 0.475 e. The first kappa shape index (κ1) is 27.2. The number of halogens is 3. The van der Waals surface area contributed by atoms with E-state index in [4.69, 9.17) is 19.6 Å². The molecular weight excluding hydrogens is 547 g/mol. The van der Waals surface area contributed by atoms with E-state index in [0.717, 1.165) is 21.3 Å². The Labute approximate surface area is 217 Å². The van der Waals surface area contributed by atoms with Gasteiger partial charge in [0.05, 0.1) is 38.9 Å². The summed E-state index contributed by atoms with van der Waals surface area (Å²) in [5, 5.41) is 7.12. The minimum atomic E-state index is -5.08. The number of para-hydroxylation sites is 1. The van der Waals surface area contributed by atoms with Gasteiger partial charge in [0, 0.05) is 25.5 Å². The Kier molecular flexibility index (Phi) is 7.53. The number of nitrogens with zero attached hydrogens (tertiary/aromatic N) is 4. The monoisotopic (exact) mass is 567 g/mol. The van der Waals surface area contributed by atoms with E-state index in [1.54, 1.807) is 36.8 Å². The van der Waals surface area contributed by atoms with Crippen LogP contribution in [0.1, 0.15) is 0 Å². The van der Waals surface area contributed by atoms with Gasteiger partial charge in [-0.15, -0.1) is 11.3 Å². The molecule has 0 aliphatic carbocycles. The maximum Gasteiger partial charge on any atom is 0.490 e. The van der Waals surface area contributed by atoms with Crippen LogP contribution in [0.2, 0.25) is 0 Å². The van der Waals surface area contributed by atoms with Crippen molar-refractivity contribution in [2.75, 3.05) is 20.0 Å². The van der Waals surface area contributed by atoms with Crippen LogP contribution in [0, 0.1) is 0 Å². The van der Waals surface area contributed by atoms with Crippen molar-refractivity contribution in [3.8, 4) is 22.9 Å². The number of ether oxygens (including phenoxy) is 1. The SMILES string of the molecule is COCCn1c(-c2cnc(-c3ccc4scnc4c3)[nH]2)nc2c(S(C)(=O)=O)cccc21.O=C(O)C(F)(F)F. The number of carboxylic acid groups (broad SMARTS) is 1. The molecule has 3 aromatic heterocycles. The number of aliphatic carboxylic acids is 1. The lowest BCUT2D eigenvalue weighted by Crippen LogP contribution is -2.21. The molecule has 0 spiro atoms. The lowest BCUT2D eigenvalue weighted by molar-refractivity contribution is -0.192. The molecule has 2 N–H and O–H groups in total. The van der Waals surface area contributed by atoms with Crippen LogP contribution in [-0.2, 0) is 25.9 Å². The number of sulfone groups is 1. The van der Waals surface area contributed by atoms with Crippen molar-refractivity contribution < 1.29 is 36.2 Å². The van der Waals surface area contributed by atoms with Crippen LogP contribution in [0.3, 0.4) is 0 Å². The van der Waals surface area contributed by atoms with E-state index in [9.17, 15) is 21.6 Å². The molecule has 15 heteroatoms. The number of aromatic nitrogens is 5. The van der Waals surface area contributed by atoms with Crippen molar-refractivity contribution in [1.29, 1.82) is 0 Å². The highest BCUT2D eigenvalue weighted by Crippen LogP contribution is 2.30. The van der Waals surface area contributed by atoms with Crippen LogP contribution in [0.5, 0.6) is 0 Å². The van der Waals surface area contributed by atoms with Crippen LogP contribution in [-0.4, -0.2) is 70.1 Å². The standard InChI is InChI=1S/C21H19N5O3S2.C2HF3O2/c1-29-9-8-26-16-4-3-5-18(31(2,27)28)19(16)25-21(26)15-11-22-20(24-15)13-6-7-17-14(10-13)23-12-30-17;3-2(4,5)1(6)7/h3-7,10-12H,8-9H2,1-2H3,(H,22,24);(H,6,7). The highest BCUT2D eigenvalue weighted by Gasteiger charge is 2.38. The minimum Gasteiger partial charge on any atom is -0.475 e. The number of rotatable bonds is 6. The van der Waals surface area contributed by atoms with E-state index in [1.165, 1.54) is 6.26 Å². The van der Waals surface area contributed by atoms with Gasteiger partial charge in [0.25, 0.3) is 0 Å². The van der Waals surface area contributed by atoms with Crippen molar-refractivity contribution in [2.24, 2.45) is 0 Å². The lowest BCUT2D eigenvalue weighted by atomic mass is 10.2. The average molecular weight is 568 g/mol. The van der Waals surface area contributed by atoms with E-state index < -0.39 is 22.0 Å². The third-order valence-electron chi connectivity index (χ3n) is 5.32. The van der Waals surface area contributed by atoms with Crippen molar-refractivity contribution in [1.82, 2.24) is 24.5 Å². The van der Waals surface area contributed by atoms with Crippen molar-refractivity contribution in [3.05, 3.63) is 48.1 Å². The van der Waals surface area contributed by atoms with Gasteiger partial charge in [0.2, 0.25) is 0 Å². The van der Waals surface area contributed by atoms with Gasteiger partial charge in [-0.2, -0.15) is 13.2 Å². The number of hydrogen-bond acceptors (Lipinski definition) is 8. The maximum absolute atomic E-state index is 12.3. The van der Waals surface area contributed by atoms with Crippen molar-refractivity contribution in [3.63, 3.8) is 0 Å². The summed E-state index contributed by atoms with van der Waals surface area (Å²) in [4.78, 5) is 26.0.